The summed E-state index contributed by atoms with van der Waals surface area (Å²) in [6.45, 7) is 2.31. The minimum absolute atomic E-state index is 0.113. The number of halogens is 1. The molecular weight excluding hydrogens is 463 g/mol. The molecule has 1 fully saturated rings. The summed E-state index contributed by atoms with van der Waals surface area (Å²) >= 11 is 0. The lowest BCUT2D eigenvalue weighted by Gasteiger charge is -2.47. The van der Waals surface area contributed by atoms with Crippen molar-refractivity contribution in [3.63, 3.8) is 0 Å². The van der Waals surface area contributed by atoms with Gasteiger partial charge in [0.05, 0.1) is 23.7 Å². The first-order valence-corrected chi connectivity index (χ1v) is 13.0. The summed E-state index contributed by atoms with van der Waals surface area (Å²) in [5.41, 5.74) is 5.48. The van der Waals surface area contributed by atoms with Crippen molar-refractivity contribution in [2.45, 2.75) is 45.1 Å². The summed E-state index contributed by atoms with van der Waals surface area (Å²) in [5, 5.41) is 16.1. The molecule has 1 aromatic heterocycles. The molecule has 1 heterocycles. The van der Waals surface area contributed by atoms with Crippen LogP contribution in [0.25, 0.3) is 11.8 Å². The molecule has 5 heteroatoms. The van der Waals surface area contributed by atoms with Gasteiger partial charge >= 0.3 is 0 Å². The van der Waals surface area contributed by atoms with Gasteiger partial charge in [-0.25, -0.2) is 9.07 Å². The predicted octanol–water partition coefficient (Wildman–Crippen LogP) is 7.15. The highest BCUT2D eigenvalue weighted by Gasteiger charge is 2.46. The van der Waals surface area contributed by atoms with Gasteiger partial charge in [0.15, 0.2) is 0 Å². The quantitative estimate of drug-likeness (QED) is 0.310. The number of aliphatic hydroxyl groups excluding tert-OH is 1. The smallest absolute Gasteiger partial charge is 0.127 e. The third-order valence-electron chi connectivity index (χ3n) is 8.15. The molecule has 188 valence electrons. The first-order valence-electron chi connectivity index (χ1n) is 13.0. The number of allylic oxidation sites excluding steroid dienone is 1. The molecule has 4 aromatic rings. The van der Waals surface area contributed by atoms with Crippen LogP contribution in [0.2, 0.25) is 0 Å². The average Bonchev–Trinajstić information content (AvgIpc) is 3.31. The van der Waals surface area contributed by atoms with Gasteiger partial charge in [-0.2, -0.15) is 5.10 Å². The van der Waals surface area contributed by atoms with Crippen molar-refractivity contribution >= 4 is 6.08 Å². The Balaban J connectivity index is 1.20. The van der Waals surface area contributed by atoms with Crippen LogP contribution >= 0.6 is 0 Å². The van der Waals surface area contributed by atoms with Gasteiger partial charge in [-0.15, -0.1) is 0 Å². The van der Waals surface area contributed by atoms with Crippen LogP contribution in [0.15, 0.2) is 90.6 Å². The van der Waals surface area contributed by atoms with Crippen LogP contribution in [-0.4, -0.2) is 21.0 Å². The second-order valence-electron chi connectivity index (χ2n) is 10.5. The van der Waals surface area contributed by atoms with Crippen LogP contribution in [0, 0.1) is 17.2 Å². The molecule has 3 atom stereocenters. The standard InChI is InChI=1S/C32H31FN2O2/c1-32-20-23-21-34-35(26-14-12-25(33)13-15-26)30(23)19-24(32)6-5-9-29(32)31(36)18-22-10-16-28(17-11-22)37-27-7-3-2-4-8-27/h2-4,7-8,10-17,19,21,29,31,36H,5-6,9,18,20H2,1H3/t29-,31+,32+/m1/s1. The van der Waals surface area contributed by atoms with Gasteiger partial charge in [-0.05, 0) is 109 Å². The first-order chi connectivity index (χ1) is 18.0. The van der Waals surface area contributed by atoms with Gasteiger partial charge in [0, 0.05) is 0 Å². The van der Waals surface area contributed by atoms with E-state index in [0.29, 0.717) is 6.42 Å². The number of para-hydroxylation sites is 1. The van der Waals surface area contributed by atoms with Crippen LogP contribution in [0.4, 0.5) is 4.39 Å². The zero-order chi connectivity index (χ0) is 25.4. The highest BCUT2D eigenvalue weighted by Crippen LogP contribution is 2.52. The minimum atomic E-state index is -0.441. The van der Waals surface area contributed by atoms with Gasteiger partial charge in [0.1, 0.15) is 17.3 Å². The van der Waals surface area contributed by atoms with Gasteiger partial charge in [0.2, 0.25) is 0 Å². The van der Waals surface area contributed by atoms with E-state index in [4.69, 9.17) is 4.74 Å². The number of rotatable bonds is 6. The molecular formula is C32H31FN2O2. The number of nitrogens with zero attached hydrogens (tertiary/aromatic N) is 2. The predicted molar refractivity (Wildman–Crippen MR) is 143 cm³/mol. The maximum absolute atomic E-state index is 13.5. The molecule has 1 saturated carbocycles. The summed E-state index contributed by atoms with van der Waals surface area (Å²) in [5.74, 6) is 1.51. The van der Waals surface area contributed by atoms with Crippen molar-refractivity contribution in [1.29, 1.82) is 0 Å². The Morgan fingerprint density at radius 2 is 1.76 bits per heavy atom. The van der Waals surface area contributed by atoms with Gasteiger partial charge in [-0.3, -0.25) is 0 Å². The molecule has 0 amide bonds. The van der Waals surface area contributed by atoms with Crippen LogP contribution in [0.1, 0.15) is 43.0 Å². The van der Waals surface area contributed by atoms with Crippen molar-refractivity contribution in [2.24, 2.45) is 11.3 Å². The fraction of sp³-hybridized carbons (Fsp3) is 0.281. The normalized spacial score (nSPS) is 21.5. The largest absolute Gasteiger partial charge is 0.457 e. The SMILES string of the molecule is C[C@]12Cc3cnn(-c4ccc(F)cc4)c3C=C1CCC[C@@H]2[C@@H](O)Cc1ccc(Oc2ccccc2)cc1. The number of ether oxygens (including phenoxy) is 1. The third-order valence-corrected chi connectivity index (χ3v) is 8.15. The number of hydrogen-bond donors (Lipinski definition) is 1. The van der Waals surface area contributed by atoms with Gasteiger partial charge < -0.3 is 9.84 Å². The number of aliphatic hydroxyl groups is 1. The lowest BCUT2D eigenvalue weighted by Crippen LogP contribution is -2.43. The second-order valence-corrected chi connectivity index (χ2v) is 10.5. The van der Waals surface area contributed by atoms with E-state index in [0.717, 1.165) is 54.1 Å². The minimum Gasteiger partial charge on any atom is -0.457 e. The van der Waals surface area contributed by atoms with E-state index in [1.807, 2.05) is 53.3 Å². The van der Waals surface area contributed by atoms with Crippen molar-refractivity contribution < 1.29 is 14.2 Å². The van der Waals surface area contributed by atoms with Crippen molar-refractivity contribution in [3.05, 3.63) is 113 Å². The third kappa shape index (κ3) is 4.60. The molecule has 0 unspecified atom stereocenters. The Labute approximate surface area is 217 Å². The molecule has 2 aliphatic carbocycles. The maximum atomic E-state index is 13.5. The first kappa shape index (κ1) is 23.7. The summed E-state index contributed by atoms with van der Waals surface area (Å²) in [7, 11) is 0. The number of fused-ring (bicyclic) bond motifs is 2. The highest BCUT2D eigenvalue weighted by atomic mass is 19.1. The van der Waals surface area contributed by atoms with Crippen molar-refractivity contribution in [3.8, 4) is 17.2 Å². The van der Waals surface area contributed by atoms with Crippen molar-refractivity contribution in [1.82, 2.24) is 9.78 Å². The number of benzene rings is 3. The Bertz CT molecular complexity index is 1410. The molecule has 6 rings (SSSR count). The van der Waals surface area contributed by atoms with Gasteiger partial charge in [-0.1, -0.05) is 42.8 Å². The van der Waals surface area contributed by atoms with Crippen LogP contribution in [-0.2, 0) is 12.8 Å². The highest BCUT2D eigenvalue weighted by molar-refractivity contribution is 5.61. The molecule has 0 spiro atoms. The fourth-order valence-electron chi connectivity index (χ4n) is 6.19. The van der Waals surface area contributed by atoms with E-state index >= 15 is 0 Å². The fourth-order valence-corrected chi connectivity index (χ4v) is 6.19. The Morgan fingerprint density at radius 3 is 2.51 bits per heavy atom. The van der Waals surface area contributed by atoms with E-state index < -0.39 is 6.10 Å². The Kier molecular flexibility index (Phi) is 6.17. The molecule has 0 bridgehead atoms. The zero-order valence-corrected chi connectivity index (χ0v) is 21.0. The zero-order valence-electron chi connectivity index (χ0n) is 21.0. The van der Waals surface area contributed by atoms with Crippen LogP contribution in [0.3, 0.4) is 0 Å². The second kappa shape index (κ2) is 9.64. The molecule has 0 aliphatic heterocycles. The Hall–Kier alpha value is -3.70. The number of hydrogen-bond acceptors (Lipinski definition) is 3. The summed E-state index contributed by atoms with van der Waals surface area (Å²) in [6.07, 6.45) is 8.31. The molecule has 37 heavy (non-hydrogen) atoms. The van der Waals surface area contributed by atoms with Gasteiger partial charge in [0.25, 0.3) is 0 Å². The lowest BCUT2D eigenvalue weighted by molar-refractivity contribution is 0.0234. The summed E-state index contributed by atoms with van der Waals surface area (Å²) in [4.78, 5) is 0. The lowest BCUT2D eigenvalue weighted by atomic mass is 9.58. The molecule has 2 aliphatic rings. The monoisotopic (exact) mass is 494 g/mol. The Morgan fingerprint density at radius 1 is 1.03 bits per heavy atom. The van der Waals surface area contributed by atoms with E-state index in [1.54, 1.807) is 12.1 Å². The van der Waals surface area contributed by atoms with Crippen LogP contribution in [0.5, 0.6) is 11.5 Å². The van der Waals surface area contributed by atoms with E-state index in [2.05, 4.69) is 30.2 Å². The van der Waals surface area contributed by atoms with Crippen LogP contribution < -0.4 is 4.74 Å². The van der Waals surface area contributed by atoms with E-state index in [9.17, 15) is 9.50 Å². The molecule has 1 N–H and O–H groups in total. The van der Waals surface area contributed by atoms with E-state index in [-0.39, 0.29) is 17.2 Å². The van der Waals surface area contributed by atoms with E-state index in [1.165, 1.54) is 23.3 Å². The van der Waals surface area contributed by atoms with Crippen molar-refractivity contribution in [2.75, 3.05) is 0 Å². The molecule has 4 nitrogen and oxygen atoms in total. The molecule has 0 saturated heterocycles. The molecule has 3 aromatic carbocycles. The number of aromatic nitrogens is 2. The summed E-state index contributed by atoms with van der Waals surface area (Å²) in [6, 6.07) is 24.3. The average molecular weight is 495 g/mol. The maximum Gasteiger partial charge on any atom is 0.127 e. The summed E-state index contributed by atoms with van der Waals surface area (Å²) < 4.78 is 21.3. The molecule has 0 radical (unpaired) electrons. The topological polar surface area (TPSA) is 47.3 Å².